The maximum atomic E-state index is 12.5. The van der Waals surface area contributed by atoms with Crippen molar-refractivity contribution in [2.24, 2.45) is 0 Å². The minimum atomic E-state index is -0.145. The molecule has 0 fully saturated rings. The van der Waals surface area contributed by atoms with Crippen LogP contribution >= 0.6 is 23.4 Å². The van der Waals surface area contributed by atoms with E-state index < -0.39 is 0 Å². The highest BCUT2D eigenvalue weighted by molar-refractivity contribution is 8.00. The van der Waals surface area contributed by atoms with Crippen LogP contribution in [0.15, 0.2) is 47.4 Å². The monoisotopic (exact) mass is 418 g/mol. The maximum Gasteiger partial charge on any atom is 0.251 e. The summed E-state index contributed by atoms with van der Waals surface area (Å²) in [6, 6.07) is 13.0. The highest BCUT2D eigenvalue weighted by atomic mass is 35.5. The third-order valence-electron chi connectivity index (χ3n) is 4.37. The number of nitrogens with one attached hydrogen (secondary N) is 1. The molecule has 148 valence electrons. The molecule has 0 radical (unpaired) electrons. The Hall–Kier alpha value is -2.02. The van der Waals surface area contributed by atoms with Crippen molar-refractivity contribution in [3.05, 3.63) is 58.6 Å². The smallest absolute Gasteiger partial charge is 0.251 e. The summed E-state index contributed by atoms with van der Waals surface area (Å²) in [5, 5.41) is 3.56. The van der Waals surface area contributed by atoms with Crippen LogP contribution in [0, 0.1) is 0 Å². The summed E-state index contributed by atoms with van der Waals surface area (Å²) in [5.41, 5.74) is 2.31. The van der Waals surface area contributed by atoms with E-state index in [0.29, 0.717) is 42.6 Å². The molecule has 0 spiro atoms. The number of carbonyl (C=O) groups excluding carboxylic acids is 2. The molecule has 2 aromatic carbocycles. The summed E-state index contributed by atoms with van der Waals surface area (Å²) in [7, 11) is 0. The van der Waals surface area contributed by atoms with Gasteiger partial charge in [-0.25, -0.2) is 0 Å². The minimum Gasteiger partial charge on any atom is -0.382 e. The number of fused-ring (bicyclic) bond motifs is 1. The number of nitrogens with zero attached hydrogens (tertiary/aromatic N) is 1. The summed E-state index contributed by atoms with van der Waals surface area (Å²) in [6.45, 7) is 4.25. The number of amides is 2. The van der Waals surface area contributed by atoms with Crippen LogP contribution < -0.4 is 10.2 Å². The number of ether oxygens (including phenoxy) is 1. The van der Waals surface area contributed by atoms with Crippen molar-refractivity contribution in [1.29, 1.82) is 0 Å². The van der Waals surface area contributed by atoms with E-state index in [9.17, 15) is 9.59 Å². The zero-order chi connectivity index (χ0) is 19.9. The van der Waals surface area contributed by atoms with Gasteiger partial charge in [0.2, 0.25) is 5.91 Å². The van der Waals surface area contributed by atoms with E-state index in [1.54, 1.807) is 17.0 Å². The summed E-state index contributed by atoms with van der Waals surface area (Å²) in [5.74, 6) is 0.277. The molecule has 2 aromatic rings. The number of carbonyl (C=O) groups is 2. The average molecular weight is 419 g/mol. The van der Waals surface area contributed by atoms with Crippen molar-refractivity contribution in [1.82, 2.24) is 5.32 Å². The second-order valence-corrected chi connectivity index (χ2v) is 7.84. The predicted molar refractivity (Wildman–Crippen MR) is 113 cm³/mol. The Bertz CT molecular complexity index is 842. The van der Waals surface area contributed by atoms with Gasteiger partial charge in [-0.1, -0.05) is 23.7 Å². The molecule has 3 rings (SSSR count). The van der Waals surface area contributed by atoms with E-state index >= 15 is 0 Å². The first-order valence-corrected chi connectivity index (χ1v) is 10.6. The molecule has 0 aromatic heterocycles. The van der Waals surface area contributed by atoms with Crippen molar-refractivity contribution < 1.29 is 14.3 Å². The molecule has 5 nitrogen and oxygen atoms in total. The molecule has 1 aliphatic heterocycles. The van der Waals surface area contributed by atoms with Gasteiger partial charge < -0.3 is 15.0 Å². The quantitative estimate of drug-likeness (QED) is 0.654. The first kappa shape index (κ1) is 20.7. The second kappa shape index (κ2) is 9.96. The van der Waals surface area contributed by atoms with E-state index in [0.717, 1.165) is 22.6 Å². The van der Waals surface area contributed by atoms with Gasteiger partial charge in [-0.15, -0.1) is 11.8 Å². The van der Waals surface area contributed by atoms with Gasteiger partial charge in [0, 0.05) is 35.2 Å². The Labute approximate surface area is 174 Å². The van der Waals surface area contributed by atoms with E-state index in [4.69, 9.17) is 16.3 Å². The fraction of sp³-hybridized carbons (Fsp3) is 0.333. The number of hydrogen-bond donors (Lipinski definition) is 1. The SMILES string of the molecule is CCOCCCNC(=O)c1ccc2c(c1)N(Cc1ccc(Cl)cc1)C(=O)CS2. The Morgan fingerprint density at radius 3 is 2.79 bits per heavy atom. The van der Waals surface area contributed by atoms with E-state index in [2.05, 4.69) is 5.32 Å². The largest absolute Gasteiger partial charge is 0.382 e. The third kappa shape index (κ3) is 5.28. The number of rotatable bonds is 8. The van der Waals surface area contributed by atoms with Crippen molar-refractivity contribution in [2.75, 3.05) is 30.4 Å². The van der Waals surface area contributed by atoms with Crippen molar-refractivity contribution in [3.8, 4) is 0 Å². The standard InChI is InChI=1S/C21H23ClN2O3S/c1-2-27-11-3-10-23-21(26)16-6-9-19-18(12-16)24(20(25)14-28-19)13-15-4-7-17(22)8-5-15/h4-9,12H,2-3,10-11,13-14H2,1H3,(H,23,26). The first-order chi connectivity index (χ1) is 13.6. The Kier molecular flexibility index (Phi) is 7.36. The molecule has 2 amide bonds. The van der Waals surface area contributed by atoms with Gasteiger partial charge in [0.05, 0.1) is 18.0 Å². The number of hydrogen-bond acceptors (Lipinski definition) is 4. The summed E-state index contributed by atoms with van der Waals surface area (Å²) >= 11 is 7.45. The fourth-order valence-electron chi connectivity index (χ4n) is 2.91. The number of halogens is 1. The minimum absolute atomic E-state index is 0.0294. The van der Waals surface area contributed by atoms with Gasteiger partial charge in [0.25, 0.3) is 5.91 Å². The Balaban J connectivity index is 1.73. The predicted octanol–water partition coefficient (Wildman–Crippen LogP) is 4.14. The van der Waals surface area contributed by atoms with Crippen molar-refractivity contribution in [2.45, 2.75) is 24.8 Å². The van der Waals surface area contributed by atoms with E-state index in [-0.39, 0.29) is 11.8 Å². The highest BCUT2D eigenvalue weighted by Crippen LogP contribution is 2.37. The van der Waals surface area contributed by atoms with Crippen LogP contribution in [0.3, 0.4) is 0 Å². The number of benzene rings is 2. The van der Waals surface area contributed by atoms with Gasteiger partial charge in [-0.3, -0.25) is 9.59 Å². The molecule has 0 atom stereocenters. The second-order valence-electron chi connectivity index (χ2n) is 6.38. The lowest BCUT2D eigenvalue weighted by Gasteiger charge is -2.29. The van der Waals surface area contributed by atoms with Gasteiger partial charge >= 0.3 is 0 Å². The number of anilines is 1. The van der Waals surface area contributed by atoms with Crippen LogP contribution in [0.1, 0.15) is 29.3 Å². The van der Waals surface area contributed by atoms with E-state index in [1.165, 1.54) is 11.8 Å². The molecule has 1 heterocycles. The van der Waals surface area contributed by atoms with Crippen LogP contribution in [0.25, 0.3) is 0 Å². The molecule has 28 heavy (non-hydrogen) atoms. The molecule has 1 N–H and O–H groups in total. The molecule has 0 saturated carbocycles. The zero-order valence-electron chi connectivity index (χ0n) is 15.7. The summed E-state index contributed by atoms with van der Waals surface area (Å²) < 4.78 is 5.28. The van der Waals surface area contributed by atoms with Crippen molar-refractivity contribution in [3.63, 3.8) is 0 Å². The Morgan fingerprint density at radius 1 is 1.25 bits per heavy atom. The molecular weight excluding hydrogens is 396 g/mol. The highest BCUT2D eigenvalue weighted by Gasteiger charge is 2.26. The van der Waals surface area contributed by atoms with Crippen LogP contribution in [-0.2, 0) is 16.1 Å². The van der Waals surface area contributed by atoms with Crippen LogP contribution in [-0.4, -0.2) is 37.3 Å². The lowest BCUT2D eigenvalue weighted by Crippen LogP contribution is -2.35. The average Bonchev–Trinajstić information content (AvgIpc) is 2.71. The van der Waals surface area contributed by atoms with Gasteiger partial charge in [-0.05, 0) is 49.2 Å². The fourth-order valence-corrected chi connectivity index (χ4v) is 3.95. The third-order valence-corrected chi connectivity index (χ3v) is 5.67. The van der Waals surface area contributed by atoms with Gasteiger partial charge in [0.15, 0.2) is 0 Å². The lowest BCUT2D eigenvalue weighted by molar-refractivity contribution is -0.116. The van der Waals surface area contributed by atoms with Gasteiger partial charge in [-0.2, -0.15) is 0 Å². The van der Waals surface area contributed by atoms with E-state index in [1.807, 2.05) is 37.3 Å². The molecular formula is C21H23ClN2O3S. The summed E-state index contributed by atoms with van der Waals surface area (Å²) in [6.07, 6.45) is 0.765. The maximum absolute atomic E-state index is 12.5. The normalized spacial score (nSPS) is 13.4. The number of thioether (sulfide) groups is 1. The molecule has 0 unspecified atom stereocenters. The van der Waals surface area contributed by atoms with Crippen LogP contribution in [0.2, 0.25) is 5.02 Å². The van der Waals surface area contributed by atoms with Crippen LogP contribution in [0.5, 0.6) is 0 Å². The summed E-state index contributed by atoms with van der Waals surface area (Å²) in [4.78, 5) is 27.8. The Morgan fingerprint density at radius 2 is 2.04 bits per heavy atom. The molecule has 0 aliphatic carbocycles. The topological polar surface area (TPSA) is 58.6 Å². The molecule has 1 aliphatic rings. The van der Waals surface area contributed by atoms with Gasteiger partial charge in [0.1, 0.15) is 0 Å². The molecule has 0 bridgehead atoms. The molecule has 7 heteroatoms. The van der Waals surface area contributed by atoms with Crippen LogP contribution in [0.4, 0.5) is 5.69 Å². The lowest BCUT2D eigenvalue weighted by atomic mass is 10.1. The van der Waals surface area contributed by atoms with Crippen molar-refractivity contribution >= 4 is 40.9 Å². The zero-order valence-corrected chi connectivity index (χ0v) is 17.3. The first-order valence-electron chi connectivity index (χ1n) is 9.26. The molecule has 0 saturated heterocycles.